The Labute approximate surface area is 253 Å². The number of aromatic nitrogens is 1. The average Bonchev–Trinajstić information content (AvgIpc) is 2.99. The third kappa shape index (κ3) is 7.75. The Morgan fingerprint density at radius 1 is 0.977 bits per heavy atom. The molecule has 2 heterocycles. The Balaban J connectivity index is 1.24. The maximum atomic E-state index is 15.1. The summed E-state index contributed by atoms with van der Waals surface area (Å²) in [5.74, 6) is 2.32. The zero-order chi connectivity index (χ0) is 30.4. The zero-order valence-corrected chi connectivity index (χ0v) is 25.5. The summed E-state index contributed by atoms with van der Waals surface area (Å²) in [5, 5.41) is 13.1. The number of fused-ring (bicyclic) bond motifs is 1. The third-order valence-corrected chi connectivity index (χ3v) is 8.09. The van der Waals surface area contributed by atoms with Crippen molar-refractivity contribution >= 4 is 22.3 Å². The van der Waals surface area contributed by atoms with E-state index in [1.54, 1.807) is 31.5 Å². The number of piperidine rings is 1. The summed E-state index contributed by atoms with van der Waals surface area (Å²) < 4.78 is 33.0. The van der Waals surface area contributed by atoms with Gasteiger partial charge in [0.05, 0.1) is 18.3 Å². The second kappa shape index (κ2) is 13.6. The van der Waals surface area contributed by atoms with Crippen molar-refractivity contribution in [1.29, 1.82) is 0 Å². The van der Waals surface area contributed by atoms with E-state index in [4.69, 9.17) is 14.2 Å². The van der Waals surface area contributed by atoms with Gasteiger partial charge in [0.25, 0.3) is 0 Å². The molecule has 0 bridgehead atoms. The highest BCUT2D eigenvalue weighted by atomic mass is 19.1. The lowest BCUT2D eigenvalue weighted by Crippen LogP contribution is -2.36. The van der Waals surface area contributed by atoms with Crippen molar-refractivity contribution in [3.05, 3.63) is 78.2 Å². The van der Waals surface area contributed by atoms with Gasteiger partial charge < -0.3 is 24.6 Å². The molecule has 7 nitrogen and oxygen atoms in total. The molecule has 0 unspecified atom stereocenters. The Kier molecular flexibility index (Phi) is 9.68. The molecule has 43 heavy (non-hydrogen) atoms. The normalized spacial score (nSPS) is 14.6. The number of hydrogen-bond donors (Lipinski definition) is 2. The molecule has 4 aromatic rings. The second-order valence-electron chi connectivity index (χ2n) is 12.2. The van der Waals surface area contributed by atoms with Crippen molar-refractivity contribution in [2.24, 2.45) is 5.92 Å². The number of ether oxygens (including phenoxy) is 3. The first-order valence-electron chi connectivity index (χ1n) is 15.0. The topological polar surface area (TPSA) is 76.1 Å². The summed E-state index contributed by atoms with van der Waals surface area (Å²) in [6, 6.07) is 18.3. The summed E-state index contributed by atoms with van der Waals surface area (Å²) in [6.45, 7) is 10.2. The van der Waals surface area contributed by atoms with E-state index in [0.29, 0.717) is 46.7 Å². The molecule has 5 rings (SSSR count). The van der Waals surface area contributed by atoms with Crippen LogP contribution in [0, 0.1) is 11.7 Å². The van der Waals surface area contributed by atoms with Gasteiger partial charge in [0.15, 0.2) is 11.5 Å². The van der Waals surface area contributed by atoms with Crippen LogP contribution in [0.15, 0.2) is 66.9 Å². The van der Waals surface area contributed by atoms with Crippen LogP contribution in [0.4, 0.5) is 15.8 Å². The van der Waals surface area contributed by atoms with E-state index in [9.17, 15) is 5.11 Å². The van der Waals surface area contributed by atoms with Crippen LogP contribution in [-0.4, -0.2) is 54.9 Å². The molecule has 0 atom stereocenters. The summed E-state index contributed by atoms with van der Waals surface area (Å²) in [6.07, 6.45) is 4.78. The zero-order valence-electron chi connectivity index (χ0n) is 25.5. The highest BCUT2D eigenvalue weighted by Crippen LogP contribution is 2.38. The highest BCUT2D eigenvalue weighted by molar-refractivity contribution is 5.88. The number of benzene rings is 3. The lowest BCUT2D eigenvalue weighted by Gasteiger charge is -2.31. The van der Waals surface area contributed by atoms with Gasteiger partial charge >= 0.3 is 0 Å². The quantitative estimate of drug-likeness (QED) is 0.186. The lowest BCUT2D eigenvalue weighted by molar-refractivity contribution is 0.138. The number of methoxy groups -OCH3 is 1. The standard InChI is InChI=1S/C35H42FN3O4/c1-35(2,3)25-5-7-26(8-6-25)38-30-10-9-27(21-29(30)36)43-32-11-15-37-31-23-34(33(41-4)22-28(31)32)42-20-18-39-16-12-24(13-17-39)14-19-40/h5-11,15,21-24,38,40H,12-14,16-20H2,1-4H3. The number of likely N-dealkylation sites (tertiary alicyclic amines) is 1. The summed E-state index contributed by atoms with van der Waals surface area (Å²) in [4.78, 5) is 6.91. The Bertz CT molecular complexity index is 1510. The first-order valence-corrected chi connectivity index (χ1v) is 15.0. The van der Waals surface area contributed by atoms with Gasteiger partial charge in [-0.15, -0.1) is 0 Å². The minimum atomic E-state index is -0.415. The minimum Gasteiger partial charge on any atom is -0.493 e. The van der Waals surface area contributed by atoms with E-state index in [0.717, 1.165) is 50.0 Å². The SMILES string of the molecule is COc1cc2c(Oc3ccc(Nc4ccc(C(C)(C)C)cc4)c(F)c3)ccnc2cc1OCCN1CCC(CCO)CC1. The van der Waals surface area contributed by atoms with Crippen molar-refractivity contribution < 1.29 is 23.7 Å². The molecule has 0 amide bonds. The fourth-order valence-electron chi connectivity index (χ4n) is 5.45. The first kappa shape index (κ1) is 30.6. The smallest absolute Gasteiger partial charge is 0.163 e. The van der Waals surface area contributed by atoms with Gasteiger partial charge in [0.2, 0.25) is 0 Å². The number of aliphatic hydroxyl groups is 1. The summed E-state index contributed by atoms with van der Waals surface area (Å²) >= 11 is 0. The molecule has 1 fully saturated rings. The third-order valence-electron chi connectivity index (χ3n) is 8.09. The lowest BCUT2D eigenvalue weighted by atomic mass is 9.87. The van der Waals surface area contributed by atoms with Gasteiger partial charge in [-0.25, -0.2) is 4.39 Å². The highest BCUT2D eigenvalue weighted by Gasteiger charge is 2.19. The molecule has 3 aromatic carbocycles. The van der Waals surface area contributed by atoms with Crippen LogP contribution in [0.25, 0.3) is 10.9 Å². The summed E-state index contributed by atoms with van der Waals surface area (Å²) in [7, 11) is 1.61. The predicted octanol–water partition coefficient (Wildman–Crippen LogP) is 7.69. The van der Waals surface area contributed by atoms with Gasteiger partial charge in [-0.2, -0.15) is 0 Å². The molecule has 1 aromatic heterocycles. The number of pyridine rings is 1. The van der Waals surface area contributed by atoms with Gasteiger partial charge in [-0.1, -0.05) is 32.9 Å². The Morgan fingerprint density at radius 2 is 1.74 bits per heavy atom. The van der Waals surface area contributed by atoms with Crippen LogP contribution in [0.3, 0.4) is 0 Å². The molecule has 1 aliphatic rings. The molecule has 8 heteroatoms. The van der Waals surface area contributed by atoms with E-state index in [1.165, 1.54) is 11.6 Å². The molecular weight excluding hydrogens is 545 g/mol. The number of nitrogens with zero attached hydrogens (tertiary/aromatic N) is 2. The average molecular weight is 588 g/mol. The minimum absolute atomic E-state index is 0.0533. The number of hydrogen-bond acceptors (Lipinski definition) is 7. The largest absolute Gasteiger partial charge is 0.493 e. The predicted molar refractivity (Wildman–Crippen MR) is 170 cm³/mol. The number of halogens is 1. The molecule has 1 aliphatic heterocycles. The number of anilines is 2. The molecular formula is C35H42FN3O4. The van der Waals surface area contributed by atoms with E-state index >= 15 is 4.39 Å². The van der Waals surface area contributed by atoms with Crippen LogP contribution >= 0.6 is 0 Å². The molecule has 1 saturated heterocycles. The van der Waals surface area contributed by atoms with E-state index in [-0.39, 0.29) is 12.0 Å². The molecule has 228 valence electrons. The number of rotatable bonds is 11. The van der Waals surface area contributed by atoms with Crippen molar-refractivity contribution in [1.82, 2.24) is 9.88 Å². The van der Waals surface area contributed by atoms with Crippen molar-refractivity contribution in [3.63, 3.8) is 0 Å². The van der Waals surface area contributed by atoms with Gasteiger partial charge in [-0.05, 0) is 85.6 Å². The van der Waals surface area contributed by atoms with Crippen LogP contribution in [-0.2, 0) is 5.41 Å². The second-order valence-corrected chi connectivity index (χ2v) is 12.2. The van der Waals surface area contributed by atoms with Crippen LogP contribution in [0.2, 0.25) is 0 Å². The molecule has 0 spiro atoms. The maximum absolute atomic E-state index is 15.1. The number of aliphatic hydroxyl groups excluding tert-OH is 1. The fraction of sp³-hybridized carbons (Fsp3) is 0.400. The van der Waals surface area contributed by atoms with Crippen LogP contribution < -0.4 is 19.5 Å². The van der Waals surface area contributed by atoms with Crippen LogP contribution in [0.1, 0.15) is 45.6 Å². The maximum Gasteiger partial charge on any atom is 0.163 e. The van der Waals surface area contributed by atoms with Gasteiger partial charge in [-0.3, -0.25) is 9.88 Å². The van der Waals surface area contributed by atoms with Gasteiger partial charge in [0, 0.05) is 42.6 Å². The fourth-order valence-corrected chi connectivity index (χ4v) is 5.45. The molecule has 0 aliphatic carbocycles. The van der Waals surface area contributed by atoms with Crippen molar-refractivity contribution in [2.75, 3.05) is 45.3 Å². The monoisotopic (exact) mass is 587 g/mol. The Hall–Kier alpha value is -3.88. The molecule has 0 radical (unpaired) electrons. The van der Waals surface area contributed by atoms with Crippen molar-refractivity contribution in [2.45, 2.75) is 45.4 Å². The van der Waals surface area contributed by atoms with E-state index < -0.39 is 5.82 Å². The first-order chi connectivity index (χ1) is 20.7. The van der Waals surface area contributed by atoms with E-state index in [2.05, 4.69) is 48.1 Å². The van der Waals surface area contributed by atoms with Crippen LogP contribution in [0.5, 0.6) is 23.0 Å². The summed E-state index contributed by atoms with van der Waals surface area (Å²) in [5.41, 5.74) is 3.14. The molecule has 2 N–H and O–H groups in total. The molecule has 0 saturated carbocycles. The number of nitrogens with one attached hydrogen (secondary N) is 1. The van der Waals surface area contributed by atoms with Gasteiger partial charge in [0.1, 0.15) is 23.9 Å². The van der Waals surface area contributed by atoms with E-state index in [1.807, 2.05) is 24.3 Å². The Morgan fingerprint density at radius 3 is 2.42 bits per heavy atom. The van der Waals surface area contributed by atoms with Crippen molar-refractivity contribution in [3.8, 4) is 23.0 Å².